The first-order valence-electron chi connectivity index (χ1n) is 7.26. The number of methoxy groups -OCH3 is 1. The van der Waals surface area contributed by atoms with E-state index < -0.39 is 0 Å². The number of aliphatic hydroxyl groups is 1. The van der Waals surface area contributed by atoms with Crippen LogP contribution in [-0.2, 0) is 4.74 Å². The summed E-state index contributed by atoms with van der Waals surface area (Å²) < 4.78 is 5.23. The lowest BCUT2D eigenvalue weighted by Gasteiger charge is -2.33. The largest absolute Gasteiger partial charge is 0.388 e. The van der Waals surface area contributed by atoms with Gasteiger partial charge in [0.2, 0.25) is 0 Å². The molecule has 1 saturated heterocycles. The van der Waals surface area contributed by atoms with E-state index in [-0.39, 0.29) is 6.10 Å². The second-order valence-electron chi connectivity index (χ2n) is 5.40. The Bertz CT molecular complexity index is 369. The van der Waals surface area contributed by atoms with Crippen LogP contribution >= 0.6 is 0 Å². The van der Waals surface area contributed by atoms with Gasteiger partial charge in [0, 0.05) is 32.5 Å². The van der Waals surface area contributed by atoms with Crippen LogP contribution < -0.4 is 4.90 Å². The Balaban J connectivity index is 1.92. The lowest BCUT2D eigenvalue weighted by atomic mass is 9.97. The highest BCUT2D eigenvalue weighted by Gasteiger charge is 2.19. The minimum atomic E-state index is -0.332. The fourth-order valence-corrected chi connectivity index (χ4v) is 2.74. The van der Waals surface area contributed by atoms with Gasteiger partial charge in [0.1, 0.15) is 0 Å². The molecule has 0 amide bonds. The number of hydrogen-bond acceptors (Lipinski definition) is 3. The van der Waals surface area contributed by atoms with Crippen molar-refractivity contribution in [1.82, 2.24) is 0 Å². The molecule has 106 valence electrons. The highest BCUT2D eigenvalue weighted by molar-refractivity contribution is 5.48. The molecule has 0 saturated carbocycles. The quantitative estimate of drug-likeness (QED) is 0.886. The minimum Gasteiger partial charge on any atom is -0.388 e. The molecule has 1 heterocycles. The number of benzene rings is 1. The zero-order valence-corrected chi connectivity index (χ0v) is 12.0. The first-order chi connectivity index (χ1) is 9.24. The maximum Gasteiger partial charge on any atom is 0.0787 e. The lowest BCUT2D eigenvalue weighted by molar-refractivity contribution is 0.139. The molecule has 1 aromatic rings. The Morgan fingerprint density at radius 3 is 2.42 bits per heavy atom. The van der Waals surface area contributed by atoms with Crippen molar-refractivity contribution < 1.29 is 9.84 Å². The molecule has 1 unspecified atom stereocenters. The highest BCUT2D eigenvalue weighted by Crippen LogP contribution is 2.25. The predicted molar refractivity (Wildman–Crippen MR) is 78.5 cm³/mol. The number of aliphatic hydroxyl groups excluding tert-OH is 1. The summed E-state index contributed by atoms with van der Waals surface area (Å²) in [7, 11) is 1.78. The van der Waals surface area contributed by atoms with Crippen LogP contribution in [0.4, 0.5) is 5.69 Å². The van der Waals surface area contributed by atoms with Crippen LogP contribution in [0.15, 0.2) is 24.3 Å². The summed E-state index contributed by atoms with van der Waals surface area (Å²) >= 11 is 0. The maximum absolute atomic E-state index is 9.80. The fourth-order valence-electron chi connectivity index (χ4n) is 2.74. The molecular formula is C16H25NO2. The topological polar surface area (TPSA) is 32.7 Å². The average molecular weight is 263 g/mol. The molecule has 1 atom stereocenters. The number of piperidine rings is 1. The molecule has 1 fully saturated rings. The Morgan fingerprint density at radius 1 is 1.26 bits per heavy atom. The SMILES string of the molecule is CCC(O)c1ccc(N2CCC(COC)CC2)cc1. The smallest absolute Gasteiger partial charge is 0.0787 e. The fraction of sp³-hybridized carbons (Fsp3) is 0.625. The van der Waals surface area contributed by atoms with Gasteiger partial charge in [-0.2, -0.15) is 0 Å². The maximum atomic E-state index is 9.80. The van der Waals surface area contributed by atoms with Crippen molar-refractivity contribution in [3.63, 3.8) is 0 Å². The summed E-state index contributed by atoms with van der Waals surface area (Å²) in [5, 5.41) is 9.80. The molecule has 19 heavy (non-hydrogen) atoms. The first-order valence-corrected chi connectivity index (χ1v) is 7.26. The number of nitrogens with zero attached hydrogens (tertiary/aromatic N) is 1. The van der Waals surface area contributed by atoms with Crippen molar-refractivity contribution >= 4 is 5.69 Å². The van der Waals surface area contributed by atoms with E-state index in [0.29, 0.717) is 5.92 Å². The summed E-state index contributed by atoms with van der Waals surface area (Å²) in [5.41, 5.74) is 2.28. The first kappa shape index (κ1) is 14.4. The Morgan fingerprint density at radius 2 is 1.89 bits per heavy atom. The molecule has 2 rings (SSSR count). The van der Waals surface area contributed by atoms with Gasteiger partial charge in [0.25, 0.3) is 0 Å². The zero-order valence-electron chi connectivity index (χ0n) is 12.0. The van der Waals surface area contributed by atoms with Gasteiger partial charge in [-0.25, -0.2) is 0 Å². The van der Waals surface area contributed by atoms with Gasteiger partial charge in [-0.1, -0.05) is 19.1 Å². The van der Waals surface area contributed by atoms with E-state index in [1.54, 1.807) is 7.11 Å². The standard InChI is InChI=1S/C16H25NO2/c1-3-16(18)14-4-6-15(7-5-14)17-10-8-13(9-11-17)12-19-2/h4-7,13,16,18H,3,8-12H2,1-2H3. The highest BCUT2D eigenvalue weighted by atomic mass is 16.5. The van der Waals surface area contributed by atoms with E-state index >= 15 is 0 Å². The van der Waals surface area contributed by atoms with Crippen molar-refractivity contribution in [3.8, 4) is 0 Å². The van der Waals surface area contributed by atoms with Gasteiger partial charge in [-0.05, 0) is 42.9 Å². The molecule has 1 N–H and O–H groups in total. The third kappa shape index (κ3) is 3.71. The number of anilines is 1. The lowest BCUT2D eigenvalue weighted by Crippen LogP contribution is -2.34. The zero-order chi connectivity index (χ0) is 13.7. The Labute approximate surface area is 116 Å². The molecule has 0 aliphatic carbocycles. The van der Waals surface area contributed by atoms with Crippen molar-refractivity contribution in [3.05, 3.63) is 29.8 Å². The van der Waals surface area contributed by atoms with Gasteiger partial charge < -0.3 is 14.7 Å². The van der Waals surface area contributed by atoms with E-state index in [0.717, 1.165) is 31.7 Å². The normalized spacial score (nSPS) is 18.6. The monoisotopic (exact) mass is 263 g/mol. The summed E-state index contributed by atoms with van der Waals surface area (Å²) in [6.07, 6.45) is 2.84. The molecule has 3 nitrogen and oxygen atoms in total. The van der Waals surface area contributed by atoms with E-state index in [2.05, 4.69) is 17.0 Å². The van der Waals surface area contributed by atoms with Gasteiger partial charge in [-0.3, -0.25) is 0 Å². The van der Waals surface area contributed by atoms with E-state index in [9.17, 15) is 5.11 Å². The van der Waals surface area contributed by atoms with Crippen LogP contribution in [0.2, 0.25) is 0 Å². The van der Waals surface area contributed by atoms with Crippen LogP contribution in [0.3, 0.4) is 0 Å². The summed E-state index contributed by atoms with van der Waals surface area (Å²) in [4.78, 5) is 2.42. The summed E-state index contributed by atoms with van der Waals surface area (Å²) in [6, 6.07) is 8.35. The van der Waals surface area contributed by atoms with E-state index in [1.807, 2.05) is 19.1 Å². The van der Waals surface area contributed by atoms with Crippen molar-refractivity contribution in [2.75, 3.05) is 31.7 Å². The van der Waals surface area contributed by atoms with Gasteiger partial charge in [0.05, 0.1) is 6.10 Å². The van der Waals surface area contributed by atoms with Crippen molar-refractivity contribution in [2.45, 2.75) is 32.3 Å². The molecule has 3 heteroatoms. The van der Waals surface area contributed by atoms with Gasteiger partial charge in [0.15, 0.2) is 0 Å². The van der Waals surface area contributed by atoms with Crippen molar-refractivity contribution in [1.29, 1.82) is 0 Å². The van der Waals surface area contributed by atoms with Crippen molar-refractivity contribution in [2.24, 2.45) is 5.92 Å². The molecule has 1 aliphatic heterocycles. The number of ether oxygens (including phenoxy) is 1. The average Bonchev–Trinajstić information content (AvgIpc) is 2.48. The molecule has 1 aromatic carbocycles. The van der Waals surface area contributed by atoms with Gasteiger partial charge >= 0.3 is 0 Å². The second-order valence-corrected chi connectivity index (χ2v) is 5.40. The Kier molecular flexibility index (Phi) is 5.23. The summed E-state index contributed by atoms with van der Waals surface area (Å²) in [5.74, 6) is 0.711. The molecule has 1 aliphatic rings. The molecular weight excluding hydrogens is 238 g/mol. The van der Waals surface area contributed by atoms with Gasteiger partial charge in [-0.15, -0.1) is 0 Å². The van der Waals surface area contributed by atoms with Crippen LogP contribution in [0.25, 0.3) is 0 Å². The Hall–Kier alpha value is -1.06. The van der Waals surface area contributed by atoms with Crippen LogP contribution in [0.1, 0.15) is 37.9 Å². The minimum absolute atomic E-state index is 0.332. The second kappa shape index (κ2) is 6.92. The molecule has 0 spiro atoms. The predicted octanol–water partition coefficient (Wildman–Crippen LogP) is 2.99. The van der Waals surface area contributed by atoms with E-state index in [1.165, 1.54) is 18.5 Å². The van der Waals surface area contributed by atoms with Crippen LogP contribution in [0, 0.1) is 5.92 Å². The molecule has 0 bridgehead atoms. The molecule has 0 radical (unpaired) electrons. The third-order valence-electron chi connectivity index (χ3n) is 4.05. The summed E-state index contributed by atoms with van der Waals surface area (Å²) in [6.45, 7) is 5.09. The van der Waals surface area contributed by atoms with E-state index in [4.69, 9.17) is 4.74 Å². The van der Waals surface area contributed by atoms with Crippen LogP contribution in [0.5, 0.6) is 0 Å². The third-order valence-corrected chi connectivity index (χ3v) is 4.05. The van der Waals surface area contributed by atoms with Crippen LogP contribution in [-0.4, -0.2) is 31.9 Å². The molecule has 0 aromatic heterocycles. The number of rotatable bonds is 5. The number of hydrogen-bond donors (Lipinski definition) is 1.